The molecule has 2 aliphatic rings. The summed E-state index contributed by atoms with van der Waals surface area (Å²) in [7, 11) is 1.93. The zero-order valence-electron chi connectivity index (χ0n) is 13.7. The van der Waals surface area contributed by atoms with E-state index >= 15 is 0 Å². The molecule has 0 aromatic heterocycles. The fraction of sp³-hybridized carbons (Fsp3) is 0.611. The molecule has 1 N–H and O–H groups in total. The maximum Gasteiger partial charge on any atom is 0.253 e. The fourth-order valence-corrected chi connectivity index (χ4v) is 3.09. The van der Waals surface area contributed by atoms with E-state index in [-0.39, 0.29) is 18.3 Å². The van der Waals surface area contributed by atoms with Crippen molar-refractivity contribution in [1.82, 2.24) is 10.2 Å². The Morgan fingerprint density at radius 2 is 2.17 bits per heavy atom. The summed E-state index contributed by atoms with van der Waals surface area (Å²) in [6, 6.07) is 4.60. The molecular weight excluding hydrogens is 295 g/mol. The van der Waals surface area contributed by atoms with Crippen molar-refractivity contribution >= 4 is 5.91 Å². The second-order valence-corrected chi connectivity index (χ2v) is 6.73. The Morgan fingerprint density at radius 3 is 2.91 bits per heavy atom. The van der Waals surface area contributed by atoms with Crippen LogP contribution in [0.25, 0.3) is 0 Å². The molecule has 4 nitrogen and oxygen atoms in total. The third kappa shape index (κ3) is 4.30. The topological polar surface area (TPSA) is 41.6 Å². The summed E-state index contributed by atoms with van der Waals surface area (Å²) in [5.41, 5.74) is 1.03. The molecule has 1 saturated carbocycles. The molecule has 1 heterocycles. The van der Waals surface area contributed by atoms with Crippen molar-refractivity contribution < 1.29 is 13.9 Å². The first kappa shape index (κ1) is 16.4. The Morgan fingerprint density at radius 1 is 1.35 bits per heavy atom. The Kier molecular flexibility index (Phi) is 5.28. The van der Waals surface area contributed by atoms with Gasteiger partial charge in [0, 0.05) is 30.8 Å². The van der Waals surface area contributed by atoms with E-state index in [1.54, 1.807) is 12.1 Å². The predicted octanol–water partition coefficient (Wildman–Crippen LogP) is 2.43. The van der Waals surface area contributed by atoms with Gasteiger partial charge in [-0.15, -0.1) is 0 Å². The molecule has 1 atom stereocenters. The van der Waals surface area contributed by atoms with E-state index in [2.05, 4.69) is 5.32 Å². The number of ether oxygens (including phenoxy) is 1. The molecule has 0 radical (unpaired) electrons. The van der Waals surface area contributed by atoms with E-state index in [4.69, 9.17) is 4.74 Å². The van der Waals surface area contributed by atoms with E-state index in [1.165, 1.54) is 18.9 Å². The lowest BCUT2D eigenvalue weighted by Crippen LogP contribution is -2.30. The number of halogens is 1. The van der Waals surface area contributed by atoms with Crippen molar-refractivity contribution in [1.29, 1.82) is 0 Å². The summed E-state index contributed by atoms with van der Waals surface area (Å²) in [5, 5.41) is 3.16. The number of likely N-dealkylation sites (tertiary alicyclic amines) is 1. The number of hydrogen-bond donors (Lipinski definition) is 1. The van der Waals surface area contributed by atoms with Crippen LogP contribution in [0.3, 0.4) is 0 Å². The minimum Gasteiger partial charge on any atom is -0.376 e. The van der Waals surface area contributed by atoms with Crippen LogP contribution in [-0.4, -0.2) is 44.1 Å². The summed E-state index contributed by atoms with van der Waals surface area (Å²) in [4.78, 5) is 14.5. The molecule has 0 unspecified atom stereocenters. The van der Waals surface area contributed by atoms with Crippen LogP contribution in [-0.2, 0) is 11.3 Å². The Balaban J connectivity index is 1.61. The quantitative estimate of drug-likeness (QED) is 0.839. The molecule has 3 rings (SSSR count). The number of hydrogen-bond acceptors (Lipinski definition) is 3. The van der Waals surface area contributed by atoms with Crippen LogP contribution in [0.1, 0.15) is 35.2 Å². The van der Waals surface area contributed by atoms with E-state index < -0.39 is 0 Å². The maximum atomic E-state index is 13.9. The zero-order chi connectivity index (χ0) is 16.2. The van der Waals surface area contributed by atoms with Crippen molar-refractivity contribution in [3.8, 4) is 0 Å². The highest BCUT2D eigenvalue weighted by Gasteiger charge is 2.27. The van der Waals surface area contributed by atoms with Gasteiger partial charge in [0.25, 0.3) is 5.91 Å². The first-order valence-electron chi connectivity index (χ1n) is 8.47. The minimum absolute atomic E-state index is 0.00736. The Hall–Kier alpha value is -1.46. The molecule has 1 aliphatic heterocycles. The van der Waals surface area contributed by atoms with Crippen LogP contribution in [0, 0.1) is 17.7 Å². The third-order valence-electron chi connectivity index (χ3n) is 4.67. The lowest BCUT2D eigenvalue weighted by atomic mass is 10.1. The normalized spacial score (nSPS) is 21.0. The summed E-state index contributed by atoms with van der Waals surface area (Å²) in [5.74, 6) is 0.848. The van der Waals surface area contributed by atoms with Crippen molar-refractivity contribution in [2.75, 3.05) is 33.3 Å². The molecule has 23 heavy (non-hydrogen) atoms. The third-order valence-corrected chi connectivity index (χ3v) is 4.67. The molecule has 0 spiro atoms. The van der Waals surface area contributed by atoms with Gasteiger partial charge < -0.3 is 15.0 Å². The van der Waals surface area contributed by atoms with Gasteiger partial charge >= 0.3 is 0 Å². The number of nitrogens with one attached hydrogen (secondary N) is 1. The van der Waals surface area contributed by atoms with E-state index in [0.29, 0.717) is 29.6 Å². The zero-order valence-corrected chi connectivity index (χ0v) is 13.7. The van der Waals surface area contributed by atoms with Crippen LogP contribution in [0.4, 0.5) is 4.39 Å². The monoisotopic (exact) mass is 320 g/mol. The van der Waals surface area contributed by atoms with E-state index in [9.17, 15) is 9.18 Å². The molecule has 2 fully saturated rings. The molecule has 1 aromatic carbocycles. The Bertz CT molecular complexity index is 560. The number of carbonyl (C=O) groups is 1. The molecule has 1 aromatic rings. The van der Waals surface area contributed by atoms with Gasteiger partial charge in [-0.05, 0) is 62.9 Å². The van der Waals surface area contributed by atoms with Crippen molar-refractivity contribution in [2.24, 2.45) is 11.8 Å². The highest BCUT2D eigenvalue weighted by Crippen LogP contribution is 2.29. The standard InChI is InChI=1S/C18H25FN2O2/c1-20-9-14-6-7-21(10-14)18(22)15-4-5-17(19)16(8-15)12-23-11-13-2-3-13/h4-5,8,13-14,20H,2-3,6-7,9-12H2,1H3/t14-/m1/s1. The lowest BCUT2D eigenvalue weighted by Gasteiger charge is -2.17. The summed E-state index contributed by atoms with van der Waals surface area (Å²) in [6.45, 7) is 3.40. The Labute approximate surface area is 137 Å². The van der Waals surface area contributed by atoms with Gasteiger partial charge in [0.15, 0.2) is 0 Å². The van der Waals surface area contributed by atoms with Crippen LogP contribution >= 0.6 is 0 Å². The first-order valence-corrected chi connectivity index (χ1v) is 8.47. The summed E-state index contributed by atoms with van der Waals surface area (Å²) < 4.78 is 19.5. The van der Waals surface area contributed by atoms with Gasteiger partial charge in [0.2, 0.25) is 0 Å². The van der Waals surface area contributed by atoms with Gasteiger partial charge in [-0.25, -0.2) is 4.39 Å². The van der Waals surface area contributed by atoms with Crippen LogP contribution in [0.5, 0.6) is 0 Å². The number of amides is 1. The predicted molar refractivity (Wildman–Crippen MR) is 86.7 cm³/mol. The molecule has 1 amide bonds. The summed E-state index contributed by atoms with van der Waals surface area (Å²) >= 11 is 0. The number of rotatable bonds is 7. The van der Waals surface area contributed by atoms with E-state index in [0.717, 1.165) is 26.1 Å². The van der Waals surface area contributed by atoms with Gasteiger partial charge in [-0.3, -0.25) is 4.79 Å². The lowest BCUT2D eigenvalue weighted by molar-refractivity contribution is 0.0786. The highest BCUT2D eigenvalue weighted by atomic mass is 19.1. The number of carbonyl (C=O) groups excluding carboxylic acids is 1. The summed E-state index contributed by atoms with van der Waals surface area (Å²) in [6.07, 6.45) is 3.44. The molecule has 0 bridgehead atoms. The smallest absolute Gasteiger partial charge is 0.253 e. The SMILES string of the molecule is CNC[C@H]1CCN(C(=O)c2ccc(F)c(COCC3CC3)c2)C1. The largest absolute Gasteiger partial charge is 0.376 e. The number of benzene rings is 1. The van der Waals surface area contributed by atoms with Crippen LogP contribution in [0.15, 0.2) is 18.2 Å². The van der Waals surface area contributed by atoms with Gasteiger partial charge in [-0.1, -0.05) is 0 Å². The van der Waals surface area contributed by atoms with Gasteiger partial charge in [0.05, 0.1) is 6.61 Å². The van der Waals surface area contributed by atoms with Crippen LogP contribution in [0.2, 0.25) is 0 Å². The molecular formula is C18H25FN2O2. The van der Waals surface area contributed by atoms with E-state index in [1.807, 2.05) is 11.9 Å². The first-order chi connectivity index (χ1) is 11.2. The van der Waals surface area contributed by atoms with Gasteiger partial charge in [-0.2, -0.15) is 0 Å². The van der Waals surface area contributed by atoms with Crippen molar-refractivity contribution in [3.05, 3.63) is 35.1 Å². The molecule has 5 heteroatoms. The van der Waals surface area contributed by atoms with Crippen molar-refractivity contribution in [2.45, 2.75) is 25.9 Å². The fourth-order valence-electron chi connectivity index (χ4n) is 3.09. The van der Waals surface area contributed by atoms with Crippen LogP contribution < -0.4 is 5.32 Å². The molecule has 1 aliphatic carbocycles. The minimum atomic E-state index is -0.299. The molecule has 126 valence electrons. The van der Waals surface area contributed by atoms with Crippen molar-refractivity contribution in [3.63, 3.8) is 0 Å². The van der Waals surface area contributed by atoms with Gasteiger partial charge in [0.1, 0.15) is 5.82 Å². The second kappa shape index (κ2) is 7.41. The highest BCUT2D eigenvalue weighted by molar-refractivity contribution is 5.94. The maximum absolute atomic E-state index is 13.9. The number of nitrogens with zero attached hydrogens (tertiary/aromatic N) is 1. The average Bonchev–Trinajstić information content (AvgIpc) is 3.25. The molecule has 1 saturated heterocycles. The second-order valence-electron chi connectivity index (χ2n) is 6.73. The average molecular weight is 320 g/mol.